The Morgan fingerprint density at radius 1 is 1.27 bits per heavy atom. The first-order valence-electron chi connectivity index (χ1n) is 7.64. The number of benzene rings is 1. The van der Waals surface area contributed by atoms with Gasteiger partial charge in [-0.15, -0.1) is 0 Å². The summed E-state index contributed by atoms with van der Waals surface area (Å²) in [6.45, 7) is 0.216. The van der Waals surface area contributed by atoms with E-state index < -0.39 is 0 Å². The van der Waals surface area contributed by atoms with E-state index in [1.807, 2.05) is 28.8 Å². The van der Waals surface area contributed by atoms with E-state index in [1.54, 1.807) is 6.20 Å². The Labute approximate surface area is 129 Å². The predicted octanol–water partition coefficient (Wildman–Crippen LogP) is 2.49. The average Bonchev–Trinajstić information content (AvgIpc) is 3.15. The predicted molar refractivity (Wildman–Crippen MR) is 83.7 cm³/mol. The minimum Gasteiger partial charge on any atom is -0.465 e. The van der Waals surface area contributed by atoms with Gasteiger partial charge in [-0.25, -0.2) is 4.79 Å². The highest BCUT2D eigenvalue weighted by molar-refractivity contribution is 6.04. The normalized spacial score (nSPS) is 15.1. The Kier molecular flexibility index (Phi) is 4.13. The van der Waals surface area contributed by atoms with E-state index in [1.165, 1.54) is 20.0 Å². The van der Waals surface area contributed by atoms with Crippen molar-refractivity contribution in [3.63, 3.8) is 0 Å². The van der Waals surface area contributed by atoms with Gasteiger partial charge in [0.15, 0.2) is 0 Å². The fourth-order valence-corrected chi connectivity index (χ4v) is 3.15. The van der Waals surface area contributed by atoms with Crippen molar-refractivity contribution >= 4 is 22.8 Å². The van der Waals surface area contributed by atoms with Crippen LogP contribution in [0.1, 0.15) is 36.0 Å². The van der Waals surface area contributed by atoms with Crippen molar-refractivity contribution in [2.24, 2.45) is 0 Å². The van der Waals surface area contributed by atoms with E-state index >= 15 is 0 Å². The standard InChI is InChI=1S/C17H20N2O3/c1-22-17(21)14-10-19(15-9-5-4-8-13(14)15)11-16(20)18-12-6-2-3-7-12/h4-5,8-10,12H,2-3,6-7,11H2,1H3,(H,18,20). The van der Waals surface area contributed by atoms with Gasteiger partial charge in [0.25, 0.3) is 0 Å². The first-order valence-corrected chi connectivity index (χ1v) is 7.64. The molecule has 0 spiro atoms. The van der Waals surface area contributed by atoms with E-state index in [2.05, 4.69) is 5.32 Å². The van der Waals surface area contributed by atoms with Gasteiger partial charge in [-0.3, -0.25) is 4.79 Å². The lowest BCUT2D eigenvalue weighted by atomic mass is 10.2. The molecule has 0 aliphatic heterocycles. The SMILES string of the molecule is COC(=O)c1cn(CC(=O)NC2CCCC2)c2ccccc12. The number of methoxy groups -OCH3 is 1. The third-order valence-electron chi connectivity index (χ3n) is 4.23. The zero-order chi connectivity index (χ0) is 15.5. The molecule has 1 fully saturated rings. The molecule has 1 aliphatic rings. The summed E-state index contributed by atoms with van der Waals surface area (Å²) >= 11 is 0. The number of amides is 1. The van der Waals surface area contributed by atoms with E-state index in [0.717, 1.165) is 23.7 Å². The van der Waals surface area contributed by atoms with Gasteiger partial charge < -0.3 is 14.6 Å². The zero-order valence-electron chi connectivity index (χ0n) is 12.7. The summed E-state index contributed by atoms with van der Waals surface area (Å²) in [5.74, 6) is -0.393. The lowest BCUT2D eigenvalue weighted by Crippen LogP contribution is -2.35. The van der Waals surface area contributed by atoms with E-state index in [4.69, 9.17) is 4.74 Å². The fraction of sp³-hybridized carbons (Fsp3) is 0.412. The first kappa shape index (κ1) is 14.6. The van der Waals surface area contributed by atoms with Crippen LogP contribution in [0.5, 0.6) is 0 Å². The second kappa shape index (κ2) is 6.22. The summed E-state index contributed by atoms with van der Waals surface area (Å²) in [5.41, 5.74) is 1.36. The van der Waals surface area contributed by atoms with Gasteiger partial charge in [-0.1, -0.05) is 31.0 Å². The van der Waals surface area contributed by atoms with Crippen LogP contribution in [0.4, 0.5) is 0 Å². The van der Waals surface area contributed by atoms with Crippen LogP contribution in [0.2, 0.25) is 0 Å². The number of ether oxygens (including phenoxy) is 1. The molecule has 0 atom stereocenters. The van der Waals surface area contributed by atoms with Crippen molar-refractivity contribution in [1.82, 2.24) is 9.88 Å². The second-order valence-electron chi connectivity index (χ2n) is 5.73. The van der Waals surface area contributed by atoms with Crippen LogP contribution >= 0.6 is 0 Å². The Balaban J connectivity index is 1.83. The molecule has 22 heavy (non-hydrogen) atoms. The molecule has 0 saturated heterocycles. The Morgan fingerprint density at radius 2 is 2.00 bits per heavy atom. The van der Waals surface area contributed by atoms with E-state index in [-0.39, 0.29) is 18.4 Å². The number of para-hydroxylation sites is 1. The van der Waals surface area contributed by atoms with Gasteiger partial charge in [0.2, 0.25) is 5.91 Å². The molecule has 2 aromatic rings. The minimum atomic E-state index is -0.383. The first-order chi connectivity index (χ1) is 10.7. The van der Waals surface area contributed by atoms with Crippen molar-refractivity contribution in [3.05, 3.63) is 36.0 Å². The van der Waals surface area contributed by atoms with Crippen LogP contribution in [-0.2, 0) is 16.1 Å². The fourth-order valence-electron chi connectivity index (χ4n) is 3.15. The summed E-state index contributed by atoms with van der Waals surface area (Å²) in [6, 6.07) is 7.85. The van der Waals surface area contributed by atoms with E-state index in [0.29, 0.717) is 11.6 Å². The molecule has 1 aromatic heterocycles. The maximum Gasteiger partial charge on any atom is 0.340 e. The summed E-state index contributed by atoms with van der Waals surface area (Å²) in [7, 11) is 1.36. The molecule has 116 valence electrons. The van der Waals surface area contributed by atoms with Crippen molar-refractivity contribution in [1.29, 1.82) is 0 Å². The summed E-state index contributed by atoms with van der Waals surface area (Å²) in [4.78, 5) is 24.1. The van der Waals surface area contributed by atoms with Crippen LogP contribution in [0.15, 0.2) is 30.5 Å². The van der Waals surface area contributed by atoms with Crippen LogP contribution in [0.3, 0.4) is 0 Å². The van der Waals surface area contributed by atoms with Crippen LogP contribution < -0.4 is 5.32 Å². The number of hydrogen-bond donors (Lipinski definition) is 1. The molecule has 1 amide bonds. The highest BCUT2D eigenvalue weighted by atomic mass is 16.5. The Morgan fingerprint density at radius 3 is 2.73 bits per heavy atom. The third-order valence-corrected chi connectivity index (χ3v) is 4.23. The molecular weight excluding hydrogens is 280 g/mol. The van der Waals surface area contributed by atoms with Gasteiger partial charge in [-0.2, -0.15) is 0 Å². The van der Waals surface area contributed by atoms with Crippen LogP contribution in [-0.4, -0.2) is 29.6 Å². The molecule has 1 N–H and O–H groups in total. The monoisotopic (exact) mass is 300 g/mol. The molecule has 0 radical (unpaired) electrons. The topological polar surface area (TPSA) is 60.3 Å². The van der Waals surface area contributed by atoms with Gasteiger partial charge in [0.05, 0.1) is 12.7 Å². The average molecular weight is 300 g/mol. The quantitative estimate of drug-likeness (QED) is 0.883. The number of fused-ring (bicyclic) bond motifs is 1. The van der Waals surface area contributed by atoms with Crippen molar-refractivity contribution in [3.8, 4) is 0 Å². The Bertz CT molecular complexity index is 699. The van der Waals surface area contributed by atoms with Crippen molar-refractivity contribution < 1.29 is 14.3 Å². The molecule has 0 bridgehead atoms. The molecule has 1 aromatic carbocycles. The summed E-state index contributed by atoms with van der Waals surface area (Å²) < 4.78 is 6.63. The maximum absolute atomic E-state index is 12.2. The number of hydrogen-bond acceptors (Lipinski definition) is 3. The van der Waals surface area contributed by atoms with E-state index in [9.17, 15) is 9.59 Å². The number of carbonyl (C=O) groups excluding carboxylic acids is 2. The molecule has 5 heteroatoms. The molecule has 5 nitrogen and oxygen atoms in total. The molecule has 1 aliphatic carbocycles. The summed E-state index contributed by atoms with van der Waals surface area (Å²) in [5, 5.41) is 3.88. The number of aromatic nitrogens is 1. The van der Waals surface area contributed by atoms with Gasteiger partial charge in [-0.05, 0) is 18.9 Å². The number of nitrogens with one attached hydrogen (secondary N) is 1. The Hall–Kier alpha value is -2.30. The van der Waals surface area contributed by atoms with Crippen LogP contribution in [0.25, 0.3) is 10.9 Å². The lowest BCUT2D eigenvalue weighted by molar-refractivity contribution is -0.122. The van der Waals surface area contributed by atoms with Gasteiger partial charge in [0.1, 0.15) is 6.54 Å². The minimum absolute atomic E-state index is 0.0101. The number of esters is 1. The maximum atomic E-state index is 12.2. The van der Waals surface area contributed by atoms with Crippen molar-refractivity contribution in [2.45, 2.75) is 38.3 Å². The number of carbonyl (C=O) groups is 2. The summed E-state index contributed by atoms with van der Waals surface area (Å²) in [6.07, 6.45) is 6.19. The largest absolute Gasteiger partial charge is 0.465 e. The molecule has 1 saturated carbocycles. The second-order valence-corrected chi connectivity index (χ2v) is 5.73. The van der Waals surface area contributed by atoms with Gasteiger partial charge in [0, 0.05) is 23.1 Å². The smallest absolute Gasteiger partial charge is 0.340 e. The number of rotatable bonds is 4. The molecular formula is C17H20N2O3. The number of nitrogens with zero attached hydrogens (tertiary/aromatic N) is 1. The highest BCUT2D eigenvalue weighted by Crippen LogP contribution is 2.22. The van der Waals surface area contributed by atoms with Crippen molar-refractivity contribution in [2.75, 3.05) is 7.11 Å². The molecule has 1 heterocycles. The third kappa shape index (κ3) is 2.84. The van der Waals surface area contributed by atoms with Crippen LogP contribution in [0, 0.1) is 0 Å². The highest BCUT2D eigenvalue weighted by Gasteiger charge is 2.19. The lowest BCUT2D eigenvalue weighted by Gasteiger charge is -2.12. The molecule has 0 unspecified atom stereocenters. The zero-order valence-corrected chi connectivity index (χ0v) is 12.7. The molecule has 3 rings (SSSR count). The van der Waals surface area contributed by atoms with Gasteiger partial charge >= 0.3 is 5.97 Å².